The number of alkyl halides is 3. The number of primary sulfonamides is 1. The Morgan fingerprint density at radius 2 is 1.76 bits per heavy atom. The molecule has 0 spiro atoms. The van der Waals surface area contributed by atoms with Gasteiger partial charge < -0.3 is 0 Å². The summed E-state index contributed by atoms with van der Waals surface area (Å²) in [5.74, 6) is 2.19. The van der Waals surface area contributed by atoms with Crippen LogP contribution in [-0.4, -0.2) is 18.2 Å². The summed E-state index contributed by atoms with van der Waals surface area (Å²) in [4.78, 5) is -0.155. The van der Waals surface area contributed by atoms with E-state index in [0.717, 1.165) is 4.68 Å². The van der Waals surface area contributed by atoms with Crippen molar-refractivity contribution in [3.8, 4) is 34.7 Å². The lowest BCUT2D eigenvalue weighted by atomic mass is 9.95. The van der Waals surface area contributed by atoms with Crippen LogP contribution in [0.15, 0.2) is 53.4 Å². The monoisotopic (exact) mass is 419 g/mol. The number of sulfonamides is 1. The number of nitrogens with two attached hydrogens (primary N) is 1. The molecule has 0 unspecified atom stereocenters. The average molecular weight is 419 g/mol. The molecule has 0 aliphatic heterocycles. The Morgan fingerprint density at radius 3 is 2.28 bits per heavy atom. The highest BCUT2D eigenvalue weighted by Crippen LogP contribution is 2.43. The minimum atomic E-state index is -4.71. The number of aromatic nitrogens is 2. The van der Waals surface area contributed by atoms with Crippen molar-refractivity contribution in [2.24, 2.45) is 5.14 Å². The molecule has 0 saturated heterocycles. The van der Waals surface area contributed by atoms with Gasteiger partial charge in [0.15, 0.2) is 5.69 Å². The first-order chi connectivity index (χ1) is 13.5. The first kappa shape index (κ1) is 20.6. The minimum Gasteiger partial charge on any atom is -0.247 e. The summed E-state index contributed by atoms with van der Waals surface area (Å²) >= 11 is 0. The molecule has 1 aromatic heterocycles. The van der Waals surface area contributed by atoms with Gasteiger partial charge in [0, 0.05) is 11.1 Å². The van der Waals surface area contributed by atoms with E-state index in [4.69, 9.17) is 11.6 Å². The number of hydrogen-bond acceptors (Lipinski definition) is 3. The van der Waals surface area contributed by atoms with Crippen LogP contribution in [0, 0.1) is 19.3 Å². The van der Waals surface area contributed by atoms with Gasteiger partial charge in [-0.25, -0.2) is 18.2 Å². The number of aryl methyl sites for hydroxylation is 1. The molecule has 2 N–H and O–H groups in total. The fourth-order valence-corrected chi connectivity index (χ4v) is 3.58. The average Bonchev–Trinajstić information content (AvgIpc) is 3.01. The van der Waals surface area contributed by atoms with Crippen LogP contribution in [0.25, 0.3) is 22.4 Å². The molecular weight excluding hydrogens is 403 g/mol. The molecular formula is C20H16F3N3O2S. The molecule has 29 heavy (non-hydrogen) atoms. The van der Waals surface area contributed by atoms with Crippen molar-refractivity contribution in [2.45, 2.75) is 24.5 Å². The van der Waals surface area contributed by atoms with E-state index < -0.39 is 21.9 Å². The molecule has 0 fully saturated rings. The molecule has 5 nitrogen and oxygen atoms in total. The zero-order valence-electron chi connectivity index (χ0n) is 15.2. The quantitative estimate of drug-likeness (QED) is 0.653. The lowest BCUT2D eigenvalue weighted by Crippen LogP contribution is -2.15. The molecule has 0 aliphatic carbocycles. The third-order valence-electron chi connectivity index (χ3n) is 4.33. The van der Waals surface area contributed by atoms with Crippen molar-refractivity contribution in [2.75, 3.05) is 0 Å². The summed E-state index contributed by atoms with van der Waals surface area (Å²) in [7, 11) is -3.94. The highest BCUT2D eigenvalue weighted by atomic mass is 32.2. The van der Waals surface area contributed by atoms with Crippen molar-refractivity contribution in [1.29, 1.82) is 0 Å². The Morgan fingerprint density at radius 1 is 1.14 bits per heavy atom. The molecule has 2 aromatic carbocycles. The Labute approximate surface area is 166 Å². The maximum absolute atomic E-state index is 14.0. The smallest absolute Gasteiger partial charge is 0.247 e. The van der Waals surface area contributed by atoms with E-state index in [1.165, 1.54) is 24.3 Å². The molecule has 9 heteroatoms. The zero-order chi connectivity index (χ0) is 21.4. The van der Waals surface area contributed by atoms with Gasteiger partial charge in [0.1, 0.15) is 12.2 Å². The molecule has 0 saturated carbocycles. The third-order valence-corrected chi connectivity index (χ3v) is 5.26. The molecule has 0 atom stereocenters. The van der Waals surface area contributed by atoms with Gasteiger partial charge in [-0.15, -0.1) is 6.42 Å². The van der Waals surface area contributed by atoms with Crippen LogP contribution in [0.2, 0.25) is 0 Å². The fraction of sp³-hybridized carbons (Fsp3) is 0.150. The number of benzene rings is 2. The molecule has 1 heterocycles. The van der Waals surface area contributed by atoms with Crippen molar-refractivity contribution >= 4 is 10.0 Å². The number of hydrogen-bond donors (Lipinski definition) is 1. The summed E-state index contributed by atoms with van der Waals surface area (Å²) in [5.41, 5.74) is 0.249. The van der Waals surface area contributed by atoms with Gasteiger partial charge in [-0.05, 0) is 30.2 Å². The summed E-state index contributed by atoms with van der Waals surface area (Å²) in [6, 6.07) is 11.8. The largest absolute Gasteiger partial charge is 0.433 e. The van der Waals surface area contributed by atoms with Crippen LogP contribution in [0.3, 0.4) is 0 Å². The Balaban J connectivity index is 2.35. The Bertz CT molecular complexity index is 1210. The van der Waals surface area contributed by atoms with Gasteiger partial charge in [0.05, 0.1) is 4.90 Å². The van der Waals surface area contributed by atoms with Crippen LogP contribution in [-0.2, 0) is 22.7 Å². The second-order valence-corrected chi connectivity index (χ2v) is 7.88. The van der Waals surface area contributed by atoms with E-state index in [1.807, 2.05) is 0 Å². The highest BCUT2D eigenvalue weighted by Gasteiger charge is 2.40. The van der Waals surface area contributed by atoms with Crippen molar-refractivity contribution < 1.29 is 21.6 Å². The number of rotatable bonds is 4. The van der Waals surface area contributed by atoms with E-state index in [0.29, 0.717) is 16.7 Å². The maximum Gasteiger partial charge on any atom is 0.433 e. The molecule has 0 radical (unpaired) electrons. The SMILES string of the molecule is C#CCn1nc(-c2ccc(S(N)(=O)=O)cc2)c(-c2ccccc2C)c1C(F)(F)F. The minimum absolute atomic E-state index is 0.0443. The van der Waals surface area contributed by atoms with Gasteiger partial charge >= 0.3 is 6.18 Å². The van der Waals surface area contributed by atoms with Crippen LogP contribution in [0.1, 0.15) is 11.3 Å². The predicted molar refractivity (Wildman–Crippen MR) is 103 cm³/mol. The highest BCUT2D eigenvalue weighted by molar-refractivity contribution is 7.89. The lowest BCUT2D eigenvalue weighted by molar-refractivity contribution is -0.143. The maximum atomic E-state index is 14.0. The second kappa shape index (κ2) is 7.39. The first-order valence-corrected chi connectivity index (χ1v) is 9.89. The van der Waals surface area contributed by atoms with Gasteiger partial charge in [0.2, 0.25) is 10.0 Å². The van der Waals surface area contributed by atoms with E-state index in [1.54, 1.807) is 31.2 Å². The molecule has 3 aromatic rings. The lowest BCUT2D eigenvalue weighted by Gasteiger charge is -2.13. The number of halogens is 3. The van der Waals surface area contributed by atoms with Gasteiger partial charge in [-0.2, -0.15) is 18.3 Å². The van der Waals surface area contributed by atoms with Crippen molar-refractivity contribution in [3.05, 3.63) is 59.8 Å². The van der Waals surface area contributed by atoms with Crippen molar-refractivity contribution in [3.63, 3.8) is 0 Å². The molecule has 0 amide bonds. The molecule has 0 bridgehead atoms. The standard InChI is InChI=1S/C20H16F3N3O2S/c1-3-12-26-19(20(21,22)23)17(16-7-5-4-6-13(16)2)18(25-26)14-8-10-15(11-9-14)29(24,27)28/h1,4-11H,12H2,2H3,(H2,24,27,28). The Hall–Kier alpha value is -3.09. The zero-order valence-corrected chi connectivity index (χ0v) is 16.1. The van der Waals surface area contributed by atoms with Crippen molar-refractivity contribution in [1.82, 2.24) is 9.78 Å². The summed E-state index contributed by atoms with van der Waals surface area (Å²) in [5, 5.41) is 9.21. The third kappa shape index (κ3) is 4.04. The van der Waals surface area contributed by atoms with Crippen LogP contribution < -0.4 is 5.14 Å². The van der Waals surface area contributed by atoms with Gasteiger partial charge in [-0.1, -0.05) is 42.3 Å². The topological polar surface area (TPSA) is 78.0 Å². The summed E-state index contributed by atoms with van der Waals surface area (Å²) in [6.07, 6.45) is 0.540. The number of nitrogens with zero attached hydrogens (tertiary/aromatic N) is 2. The molecule has 0 aliphatic rings. The van der Waals surface area contributed by atoms with Crippen LogP contribution in [0.4, 0.5) is 13.2 Å². The van der Waals surface area contributed by atoms with Gasteiger partial charge in [0.25, 0.3) is 0 Å². The van der Waals surface area contributed by atoms with E-state index in [9.17, 15) is 21.6 Å². The van der Waals surface area contributed by atoms with E-state index in [2.05, 4.69) is 11.0 Å². The van der Waals surface area contributed by atoms with Gasteiger partial charge in [-0.3, -0.25) is 0 Å². The fourth-order valence-electron chi connectivity index (χ4n) is 3.06. The molecule has 150 valence electrons. The first-order valence-electron chi connectivity index (χ1n) is 8.34. The summed E-state index contributed by atoms with van der Waals surface area (Å²) < 4.78 is 65.6. The van der Waals surface area contributed by atoms with E-state index >= 15 is 0 Å². The Kier molecular flexibility index (Phi) is 5.26. The van der Waals surface area contributed by atoms with Crippen LogP contribution >= 0.6 is 0 Å². The number of terminal acetylenes is 1. The van der Waals surface area contributed by atoms with E-state index in [-0.39, 0.29) is 22.7 Å². The molecule has 3 rings (SSSR count). The predicted octanol–water partition coefficient (Wildman–Crippen LogP) is 3.82. The van der Waals surface area contributed by atoms with Crippen LogP contribution in [0.5, 0.6) is 0 Å². The second-order valence-electron chi connectivity index (χ2n) is 6.32. The normalized spacial score (nSPS) is 12.0. The summed E-state index contributed by atoms with van der Waals surface area (Å²) in [6.45, 7) is 1.32.